The zero-order valence-corrected chi connectivity index (χ0v) is 11.4. The van der Waals surface area contributed by atoms with Gasteiger partial charge in [-0.15, -0.1) is 9.78 Å². The third-order valence-electron chi connectivity index (χ3n) is 2.74. The molecule has 2 aromatic heterocycles. The van der Waals surface area contributed by atoms with E-state index in [0.717, 1.165) is 9.36 Å². The molecule has 1 unspecified atom stereocenters. The number of nitrogens with zero attached hydrogens (tertiary/aromatic N) is 6. The van der Waals surface area contributed by atoms with E-state index < -0.39 is 21.7 Å². The molecule has 0 saturated heterocycles. The second-order valence-corrected chi connectivity index (χ2v) is 5.06. The largest absolute Gasteiger partial charge is 0.460 e. The van der Waals surface area contributed by atoms with Gasteiger partial charge in [-0.25, -0.2) is 0 Å². The molecule has 0 aromatic carbocycles. The quantitative estimate of drug-likeness (QED) is 0.574. The molecule has 0 amide bonds. The summed E-state index contributed by atoms with van der Waals surface area (Å²) < 4.78 is 7.24. The molecule has 1 atom stereocenters. The van der Waals surface area contributed by atoms with Gasteiger partial charge in [-0.05, 0) is 4.92 Å². The number of aromatic nitrogens is 5. The summed E-state index contributed by atoms with van der Waals surface area (Å²) in [6.07, 6.45) is 0. The van der Waals surface area contributed by atoms with Crippen molar-refractivity contribution in [3.63, 3.8) is 0 Å². The molecule has 0 aliphatic carbocycles. The van der Waals surface area contributed by atoms with Crippen LogP contribution in [-0.2, 0) is 11.8 Å². The number of aryl methyl sites for hydroxylation is 1. The summed E-state index contributed by atoms with van der Waals surface area (Å²) in [6.45, 7) is -0.230. The van der Waals surface area contributed by atoms with Crippen LogP contribution in [0.5, 0.6) is 0 Å². The van der Waals surface area contributed by atoms with Gasteiger partial charge < -0.3 is 20.0 Å². The van der Waals surface area contributed by atoms with E-state index in [0.29, 0.717) is 0 Å². The molecular weight excluding hydrogens is 304 g/mol. The summed E-state index contributed by atoms with van der Waals surface area (Å²) in [5, 5.41) is 32.3. The fourth-order valence-corrected chi connectivity index (χ4v) is 2.50. The van der Waals surface area contributed by atoms with Crippen molar-refractivity contribution in [1.29, 1.82) is 0 Å². The average Bonchev–Trinajstić information content (AvgIpc) is 3.04. The highest BCUT2D eigenvalue weighted by Crippen LogP contribution is 2.28. The highest BCUT2D eigenvalue weighted by Gasteiger charge is 2.28. The van der Waals surface area contributed by atoms with E-state index in [1.807, 2.05) is 0 Å². The Kier molecular flexibility index (Phi) is 3.10. The lowest BCUT2D eigenvalue weighted by molar-refractivity contribution is -0.388. The topological polar surface area (TPSA) is 138 Å². The second kappa shape index (κ2) is 4.82. The van der Waals surface area contributed by atoms with Crippen molar-refractivity contribution in [2.45, 2.75) is 5.44 Å². The first-order valence-electron chi connectivity index (χ1n) is 5.63. The second-order valence-electron chi connectivity index (χ2n) is 4.03. The zero-order valence-electron chi connectivity index (χ0n) is 10.5. The molecule has 12 heteroatoms. The fraction of sp³-hybridized carbons (Fsp3) is 0.333. The minimum absolute atomic E-state index is 0.0568. The molecule has 1 aliphatic heterocycles. The number of ether oxygens (including phenoxy) is 1. The van der Waals surface area contributed by atoms with Crippen molar-refractivity contribution in [3.05, 3.63) is 25.9 Å². The molecule has 0 radical (unpaired) electrons. The minimum atomic E-state index is -0.732. The van der Waals surface area contributed by atoms with Crippen LogP contribution in [-0.4, -0.2) is 46.8 Å². The maximum atomic E-state index is 12.4. The van der Waals surface area contributed by atoms with Crippen molar-refractivity contribution < 1.29 is 14.8 Å². The predicted molar refractivity (Wildman–Crippen MR) is 71.0 cm³/mol. The number of thioether (sulfide) groups is 1. The maximum Gasteiger partial charge on any atom is 0.418 e. The van der Waals surface area contributed by atoms with Gasteiger partial charge in [0, 0.05) is 5.41 Å². The van der Waals surface area contributed by atoms with Crippen molar-refractivity contribution in [2.75, 3.05) is 6.61 Å². The van der Waals surface area contributed by atoms with Crippen LogP contribution >= 0.6 is 11.8 Å². The molecule has 11 nitrogen and oxygen atoms in total. The Labute approximate surface area is 120 Å². The molecule has 2 aromatic rings. The zero-order chi connectivity index (χ0) is 15.1. The van der Waals surface area contributed by atoms with Crippen molar-refractivity contribution in [2.24, 2.45) is 7.05 Å². The summed E-state index contributed by atoms with van der Waals surface area (Å²) >= 11 is 1.18. The SMILES string of the molecule is Cn1nc([N+](=O)[O-])c2nnn(C3=CSC(CO)O3)c(=O)c21. The Bertz CT molecular complexity index is 826. The molecule has 1 N–H and O–H groups in total. The monoisotopic (exact) mass is 312 g/mol. The first kappa shape index (κ1) is 13.5. The average molecular weight is 312 g/mol. The Morgan fingerprint density at radius 2 is 2.38 bits per heavy atom. The van der Waals surface area contributed by atoms with Crippen molar-refractivity contribution in [1.82, 2.24) is 24.8 Å². The molecule has 110 valence electrons. The summed E-state index contributed by atoms with van der Waals surface area (Å²) in [5.41, 5.74) is -1.41. The number of hydrogen-bond acceptors (Lipinski definition) is 9. The molecular formula is C9H8N6O5S. The summed E-state index contributed by atoms with van der Waals surface area (Å²) in [4.78, 5) is 22.5. The Hall–Kier alpha value is -2.47. The summed E-state index contributed by atoms with van der Waals surface area (Å²) in [6, 6.07) is 0. The van der Waals surface area contributed by atoms with Gasteiger partial charge in [0.2, 0.25) is 11.4 Å². The molecule has 0 spiro atoms. The lowest BCUT2D eigenvalue weighted by Crippen LogP contribution is -2.26. The van der Waals surface area contributed by atoms with Crippen LogP contribution in [0.15, 0.2) is 10.2 Å². The fourth-order valence-electron chi connectivity index (χ4n) is 1.83. The highest BCUT2D eigenvalue weighted by molar-refractivity contribution is 8.03. The van der Waals surface area contributed by atoms with Gasteiger partial charge in [0.25, 0.3) is 0 Å². The third-order valence-corrected chi connectivity index (χ3v) is 3.62. The molecule has 0 saturated carbocycles. The van der Waals surface area contributed by atoms with Crippen LogP contribution in [0.1, 0.15) is 0 Å². The van der Waals surface area contributed by atoms with Gasteiger partial charge in [-0.2, -0.15) is 4.68 Å². The summed E-state index contributed by atoms with van der Waals surface area (Å²) in [7, 11) is 1.40. The van der Waals surface area contributed by atoms with E-state index in [-0.39, 0.29) is 23.5 Å². The standard InChI is InChI=1S/C9H8N6O5S/c1-13-7-6(8(11-13)15(18)19)10-12-14(9(7)17)4-3-21-5(2-16)20-4/h3,5,16H,2H2,1H3. The number of rotatable bonds is 3. The van der Waals surface area contributed by atoms with Crippen molar-refractivity contribution in [3.8, 4) is 0 Å². The van der Waals surface area contributed by atoms with Crippen molar-refractivity contribution >= 4 is 34.5 Å². The van der Waals surface area contributed by atoms with Gasteiger partial charge in [-0.3, -0.25) is 4.79 Å². The van der Waals surface area contributed by atoms with Crippen LogP contribution in [0, 0.1) is 10.1 Å². The number of nitro groups is 1. The first-order chi connectivity index (χ1) is 10.0. The maximum absolute atomic E-state index is 12.4. The van der Waals surface area contributed by atoms with E-state index in [1.54, 1.807) is 0 Å². The lowest BCUT2D eigenvalue weighted by atomic mass is 10.4. The van der Waals surface area contributed by atoms with Gasteiger partial charge >= 0.3 is 11.4 Å². The van der Waals surface area contributed by atoms with E-state index in [9.17, 15) is 14.9 Å². The van der Waals surface area contributed by atoms with Crippen LogP contribution in [0.25, 0.3) is 16.9 Å². The number of fused-ring (bicyclic) bond motifs is 1. The van der Waals surface area contributed by atoms with Gasteiger partial charge in [0.15, 0.2) is 11.0 Å². The molecule has 1 aliphatic rings. The number of hydrogen-bond donors (Lipinski definition) is 1. The van der Waals surface area contributed by atoms with E-state index in [4.69, 9.17) is 9.84 Å². The molecule has 3 rings (SSSR count). The first-order valence-corrected chi connectivity index (χ1v) is 6.58. The minimum Gasteiger partial charge on any atom is -0.460 e. The van der Waals surface area contributed by atoms with Gasteiger partial charge in [0.1, 0.15) is 0 Å². The third kappa shape index (κ3) is 2.04. The van der Waals surface area contributed by atoms with Gasteiger partial charge in [-0.1, -0.05) is 17.0 Å². The van der Waals surface area contributed by atoms with Gasteiger partial charge in [0.05, 0.1) is 18.8 Å². The number of aliphatic hydroxyl groups excluding tert-OH is 1. The Balaban J connectivity index is 2.16. The Morgan fingerprint density at radius 3 is 3.00 bits per heavy atom. The molecule has 3 heterocycles. The smallest absolute Gasteiger partial charge is 0.418 e. The lowest BCUT2D eigenvalue weighted by Gasteiger charge is -2.08. The van der Waals surface area contributed by atoms with E-state index in [1.165, 1.54) is 24.2 Å². The normalized spacial score (nSPS) is 17.8. The summed E-state index contributed by atoms with van der Waals surface area (Å²) in [5.74, 6) is -0.435. The van der Waals surface area contributed by atoms with Crippen LogP contribution < -0.4 is 5.56 Å². The van der Waals surface area contributed by atoms with Crippen LogP contribution in [0.4, 0.5) is 5.82 Å². The molecule has 0 bridgehead atoms. The van der Waals surface area contributed by atoms with E-state index >= 15 is 0 Å². The predicted octanol–water partition coefficient (Wildman–Crippen LogP) is -0.729. The molecule has 0 fully saturated rings. The highest BCUT2D eigenvalue weighted by atomic mass is 32.2. The molecule has 21 heavy (non-hydrogen) atoms. The van der Waals surface area contributed by atoms with Crippen LogP contribution in [0.2, 0.25) is 0 Å². The number of aliphatic hydroxyl groups is 1. The van der Waals surface area contributed by atoms with E-state index in [2.05, 4.69) is 15.4 Å². The van der Waals surface area contributed by atoms with Crippen LogP contribution in [0.3, 0.4) is 0 Å². The Morgan fingerprint density at radius 1 is 1.62 bits per heavy atom.